The quantitative estimate of drug-likeness (QED) is 0.123. The van der Waals surface area contributed by atoms with Crippen LogP contribution in [0.1, 0.15) is 77.0 Å². The van der Waals surface area contributed by atoms with Crippen molar-refractivity contribution < 1.29 is 13.6 Å². The zero-order valence-corrected chi connectivity index (χ0v) is 17.8. The number of unbranched alkanes of at least 4 members (excludes halogenated alkanes) is 10. The highest BCUT2D eigenvalue weighted by Crippen LogP contribution is 2.24. The number of rotatable bonds is 18. The first-order valence-corrected chi connectivity index (χ1v) is 12.0. The predicted molar refractivity (Wildman–Crippen MR) is 103 cm³/mol. The smallest absolute Gasteiger partial charge is 0.119 e. The molecule has 0 atom stereocenters. The van der Waals surface area contributed by atoms with E-state index >= 15 is 0 Å². The van der Waals surface area contributed by atoms with E-state index in [1.807, 2.05) is 0 Å². The topological polar surface area (TPSA) is 35.5 Å². The Morgan fingerprint density at radius 1 is 0.545 bits per heavy atom. The van der Waals surface area contributed by atoms with E-state index in [1.165, 1.54) is 51.4 Å². The lowest BCUT2D eigenvalue weighted by atomic mass is 10.1. The molecule has 0 radical (unpaired) electrons. The lowest BCUT2D eigenvalue weighted by Gasteiger charge is -1.99. The van der Waals surface area contributed by atoms with E-state index < -0.39 is 8.25 Å². The molecule has 0 aliphatic heterocycles. The summed E-state index contributed by atoms with van der Waals surface area (Å²) in [7, 11) is -1.90. The van der Waals surface area contributed by atoms with Crippen LogP contribution in [0.2, 0.25) is 0 Å². The molecule has 0 bridgehead atoms. The van der Waals surface area contributed by atoms with Crippen molar-refractivity contribution >= 4 is 40.1 Å². The minimum Gasteiger partial charge on any atom is -0.119 e. The maximum absolute atomic E-state index is 11.5. The number of hydrogen-bond donors (Lipinski definition) is 0. The molecule has 6 heteroatoms. The summed E-state index contributed by atoms with van der Waals surface area (Å²) in [4.78, 5) is 0. The molecule has 0 aliphatic carbocycles. The third-order valence-electron chi connectivity index (χ3n) is 3.45. The van der Waals surface area contributed by atoms with Gasteiger partial charge in [0.1, 0.15) is 13.2 Å². The molecular formula is C16H32Br2O3P+. The Morgan fingerprint density at radius 3 is 1.23 bits per heavy atom. The van der Waals surface area contributed by atoms with Crippen molar-refractivity contribution in [2.45, 2.75) is 77.0 Å². The van der Waals surface area contributed by atoms with Gasteiger partial charge >= 0.3 is 8.25 Å². The number of hydrogen-bond acceptors (Lipinski definition) is 3. The molecule has 22 heavy (non-hydrogen) atoms. The Bertz CT molecular complexity index is 221. The highest BCUT2D eigenvalue weighted by Gasteiger charge is 2.18. The monoisotopic (exact) mass is 461 g/mol. The fraction of sp³-hybridized carbons (Fsp3) is 1.00. The highest BCUT2D eigenvalue weighted by molar-refractivity contribution is 9.09. The lowest BCUT2D eigenvalue weighted by Crippen LogP contribution is -1.92. The predicted octanol–water partition coefficient (Wildman–Crippen LogP) is 7.15. The summed E-state index contributed by atoms with van der Waals surface area (Å²) in [6.07, 6.45) is 14.4. The van der Waals surface area contributed by atoms with Crippen molar-refractivity contribution in [2.75, 3.05) is 23.9 Å². The van der Waals surface area contributed by atoms with Gasteiger partial charge in [-0.25, -0.2) is 0 Å². The van der Waals surface area contributed by atoms with Crippen LogP contribution in [0.25, 0.3) is 0 Å². The van der Waals surface area contributed by atoms with E-state index in [0.29, 0.717) is 13.2 Å². The fourth-order valence-corrected chi connectivity index (χ4v) is 3.55. The van der Waals surface area contributed by atoms with Crippen LogP contribution in [0.5, 0.6) is 0 Å². The van der Waals surface area contributed by atoms with Gasteiger partial charge in [-0.15, -0.1) is 9.05 Å². The van der Waals surface area contributed by atoms with Crippen molar-refractivity contribution in [3.8, 4) is 0 Å². The third-order valence-corrected chi connectivity index (χ3v) is 5.36. The Balaban J connectivity index is 3.13. The maximum Gasteiger partial charge on any atom is 0.697 e. The second kappa shape index (κ2) is 20.0. The maximum atomic E-state index is 11.5. The van der Waals surface area contributed by atoms with Crippen LogP contribution in [0.3, 0.4) is 0 Å². The summed E-state index contributed by atoms with van der Waals surface area (Å²) in [6, 6.07) is 0. The number of alkyl halides is 2. The molecule has 0 aromatic rings. The van der Waals surface area contributed by atoms with E-state index in [1.54, 1.807) is 0 Å². The molecule has 0 aliphatic rings. The van der Waals surface area contributed by atoms with Crippen LogP contribution in [-0.4, -0.2) is 23.9 Å². The van der Waals surface area contributed by atoms with E-state index in [0.717, 1.165) is 36.3 Å². The van der Waals surface area contributed by atoms with E-state index in [-0.39, 0.29) is 0 Å². The third kappa shape index (κ3) is 19.0. The van der Waals surface area contributed by atoms with Gasteiger partial charge in [-0.1, -0.05) is 83.2 Å². The molecule has 132 valence electrons. The van der Waals surface area contributed by atoms with Gasteiger partial charge in [0.25, 0.3) is 0 Å². The van der Waals surface area contributed by atoms with Crippen LogP contribution in [0.15, 0.2) is 0 Å². The summed E-state index contributed by atoms with van der Waals surface area (Å²) in [6.45, 7) is 1.11. The van der Waals surface area contributed by atoms with Crippen LogP contribution < -0.4 is 0 Å². The van der Waals surface area contributed by atoms with Gasteiger partial charge in [0.15, 0.2) is 0 Å². The second-order valence-electron chi connectivity index (χ2n) is 5.51. The lowest BCUT2D eigenvalue weighted by molar-refractivity contribution is 0.218. The minimum atomic E-state index is -1.90. The molecule has 0 fully saturated rings. The van der Waals surface area contributed by atoms with Gasteiger partial charge in [0.05, 0.1) is 0 Å². The second-order valence-corrected chi connectivity index (χ2v) is 8.06. The SMILES string of the molecule is O=[P+](OCCCCCCCCBr)OCCCCCCCCBr. The van der Waals surface area contributed by atoms with E-state index in [9.17, 15) is 4.57 Å². The first-order valence-electron chi connectivity index (χ1n) is 8.66. The zero-order valence-electron chi connectivity index (χ0n) is 13.7. The summed E-state index contributed by atoms with van der Waals surface area (Å²) in [5.74, 6) is 0. The van der Waals surface area contributed by atoms with Crippen LogP contribution in [0.4, 0.5) is 0 Å². The Labute approximate surface area is 154 Å². The normalized spacial score (nSPS) is 11.0. The van der Waals surface area contributed by atoms with Crippen LogP contribution >= 0.6 is 40.1 Å². The average molecular weight is 463 g/mol. The molecule has 0 unspecified atom stereocenters. The molecule has 0 aromatic heterocycles. The fourth-order valence-electron chi connectivity index (χ4n) is 2.12. The zero-order chi connectivity index (χ0) is 16.3. The molecule has 0 spiro atoms. The van der Waals surface area contributed by atoms with Gasteiger partial charge in [0.2, 0.25) is 0 Å². The summed E-state index contributed by atoms with van der Waals surface area (Å²) in [5.41, 5.74) is 0. The largest absolute Gasteiger partial charge is 0.697 e. The Kier molecular flexibility index (Phi) is 20.9. The highest BCUT2D eigenvalue weighted by atomic mass is 79.9. The van der Waals surface area contributed by atoms with Crippen molar-refractivity contribution in [2.24, 2.45) is 0 Å². The van der Waals surface area contributed by atoms with Crippen molar-refractivity contribution in [3.63, 3.8) is 0 Å². The first-order chi connectivity index (χ1) is 10.8. The Hall–Kier alpha value is 0.980. The molecule has 0 N–H and O–H groups in total. The van der Waals surface area contributed by atoms with Gasteiger partial charge in [-0.3, -0.25) is 0 Å². The van der Waals surface area contributed by atoms with Crippen molar-refractivity contribution in [1.82, 2.24) is 0 Å². The molecule has 3 nitrogen and oxygen atoms in total. The standard InChI is InChI=1S/C16H32Br2O3P/c17-13-9-5-1-3-7-11-15-20-22(19)21-16-12-8-4-2-6-10-14-18/h1-16H2/q+1. The van der Waals surface area contributed by atoms with Gasteiger partial charge < -0.3 is 0 Å². The minimum absolute atomic E-state index is 0.556. The summed E-state index contributed by atoms with van der Waals surface area (Å²) in [5, 5.41) is 2.20. The number of halogens is 2. The van der Waals surface area contributed by atoms with Crippen LogP contribution in [0, 0.1) is 0 Å². The summed E-state index contributed by atoms with van der Waals surface area (Å²) >= 11 is 6.87. The molecule has 0 rings (SSSR count). The average Bonchev–Trinajstić information content (AvgIpc) is 2.52. The first kappa shape index (κ1) is 23.0. The van der Waals surface area contributed by atoms with Gasteiger partial charge in [-0.05, 0) is 25.7 Å². The molecule has 0 aromatic carbocycles. The van der Waals surface area contributed by atoms with Crippen molar-refractivity contribution in [3.05, 3.63) is 0 Å². The van der Waals surface area contributed by atoms with Crippen molar-refractivity contribution in [1.29, 1.82) is 0 Å². The van der Waals surface area contributed by atoms with E-state index in [4.69, 9.17) is 9.05 Å². The molecular weight excluding hydrogens is 431 g/mol. The van der Waals surface area contributed by atoms with Gasteiger partial charge in [-0.2, -0.15) is 0 Å². The molecule has 0 saturated heterocycles. The van der Waals surface area contributed by atoms with Gasteiger partial charge in [0, 0.05) is 15.2 Å². The summed E-state index contributed by atoms with van der Waals surface area (Å²) < 4.78 is 21.9. The van der Waals surface area contributed by atoms with Crippen LogP contribution in [-0.2, 0) is 13.6 Å². The Morgan fingerprint density at radius 2 is 0.864 bits per heavy atom. The molecule has 0 saturated carbocycles. The molecule has 0 heterocycles. The van der Waals surface area contributed by atoms with E-state index in [2.05, 4.69) is 31.9 Å². The molecule has 0 amide bonds.